The van der Waals surface area contributed by atoms with Gasteiger partial charge in [0.15, 0.2) is 0 Å². The molecule has 0 spiro atoms. The molecule has 0 heterocycles. The van der Waals surface area contributed by atoms with E-state index in [1.54, 1.807) is 12.1 Å². The van der Waals surface area contributed by atoms with E-state index in [0.717, 1.165) is 29.5 Å². The lowest BCUT2D eigenvalue weighted by atomic mass is 10.1. The van der Waals surface area contributed by atoms with E-state index in [4.69, 9.17) is 4.74 Å². The van der Waals surface area contributed by atoms with Crippen molar-refractivity contribution in [2.75, 3.05) is 6.61 Å². The molecule has 2 heteroatoms. The van der Waals surface area contributed by atoms with E-state index in [2.05, 4.69) is 6.92 Å². The summed E-state index contributed by atoms with van der Waals surface area (Å²) in [5, 5.41) is 11.4. The molecule has 0 aliphatic heterocycles. The molecule has 0 atom stereocenters. The van der Waals surface area contributed by atoms with Crippen molar-refractivity contribution in [3.63, 3.8) is 0 Å². The Morgan fingerprint density at radius 2 is 1.80 bits per heavy atom. The summed E-state index contributed by atoms with van der Waals surface area (Å²) in [7, 11) is 0. The summed E-state index contributed by atoms with van der Waals surface area (Å²) in [6.45, 7) is 2.82. The summed E-state index contributed by atoms with van der Waals surface area (Å²) >= 11 is 0. The second-order valence-corrected chi connectivity index (χ2v) is 3.54. The highest BCUT2D eigenvalue weighted by molar-refractivity contribution is 5.85. The third-order valence-corrected chi connectivity index (χ3v) is 2.27. The molecule has 0 unspecified atom stereocenters. The highest BCUT2D eigenvalue weighted by atomic mass is 16.5. The maximum atomic E-state index is 9.31. The van der Waals surface area contributed by atoms with Gasteiger partial charge in [-0.05, 0) is 41.5 Å². The molecule has 15 heavy (non-hydrogen) atoms. The third-order valence-electron chi connectivity index (χ3n) is 2.27. The third kappa shape index (κ3) is 2.21. The first kappa shape index (κ1) is 9.84. The van der Waals surface area contributed by atoms with Crippen LogP contribution in [0, 0.1) is 0 Å². The Balaban J connectivity index is 2.34. The van der Waals surface area contributed by atoms with Gasteiger partial charge in [-0.25, -0.2) is 0 Å². The van der Waals surface area contributed by atoms with Gasteiger partial charge in [-0.15, -0.1) is 0 Å². The standard InChI is InChI=1S/C13H14O2/c1-2-7-15-13-6-4-10-8-12(14)5-3-11(10)9-13/h3-6,8-9,14H,2,7H2,1H3. The van der Waals surface area contributed by atoms with Gasteiger partial charge < -0.3 is 9.84 Å². The summed E-state index contributed by atoms with van der Waals surface area (Å²) < 4.78 is 5.53. The van der Waals surface area contributed by atoms with Crippen LogP contribution in [0.5, 0.6) is 11.5 Å². The molecule has 2 aromatic carbocycles. The molecule has 2 nitrogen and oxygen atoms in total. The molecular formula is C13H14O2. The number of hydrogen-bond acceptors (Lipinski definition) is 2. The second-order valence-electron chi connectivity index (χ2n) is 3.54. The molecule has 2 rings (SSSR count). The normalized spacial score (nSPS) is 10.5. The Hall–Kier alpha value is -1.70. The lowest BCUT2D eigenvalue weighted by Gasteiger charge is -2.05. The molecule has 0 fully saturated rings. The van der Waals surface area contributed by atoms with Gasteiger partial charge >= 0.3 is 0 Å². The van der Waals surface area contributed by atoms with Crippen molar-refractivity contribution in [1.29, 1.82) is 0 Å². The van der Waals surface area contributed by atoms with E-state index in [1.165, 1.54) is 0 Å². The van der Waals surface area contributed by atoms with Crippen LogP contribution in [0.2, 0.25) is 0 Å². The molecule has 0 radical (unpaired) electrons. The van der Waals surface area contributed by atoms with Crippen molar-refractivity contribution in [3.8, 4) is 11.5 Å². The first-order valence-corrected chi connectivity index (χ1v) is 5.15. The zero-order valence-electron chi connectivity index (χ0n) is 8.73. The number of rotatable bonds is 3. The van der Waals surface area contributed by atoms with Crippen LogP contribution in [-0.2, 0) is 0 Å². The molecule has 78 valence electrons. The fourth-order valence-corrected chi connectivity index (χ4v) is 1.52. The first-order chi connectivity index (χ1) is 7.29. The molecule has 1 N–H and O–H groups in total. The lowest BCUT2D eigenvalue weighted by molar-refractivity contribution is 0.318. The first-order valence-electron chi connectivity index (χ1n) is 5.15. The Morgan fingerprint density at radius 1 is 1.07 bits per heavy atom. The van der Waals surface area contributed by atoms with Crippen LogP contribution in [0.3, 0.4) is 0 Å². The topological polar surface area (TPSA) is 29.5 Å². The van der Waals surface area contributed by atoms with E-state index in [9.17, 15) is 5.11 Å². The molecule has 0 aliphatic carbocycles. The zero-order valence-corrected chi connectivity index (χ0v) is 8.73. The maximum absolute atomic E-state index is 9.31. The van der Waals surface area contributed by atoms with E-state index in [-0.39, 0.29) is 0 Å². The largest absolute Gasteiger partial charge is 0.508 e. The summed E-state index contributed by atoms with van der Waals surface area (Å²) in [4.78, 5) is 0. The smallest absolute Gasteiger partial charge is 0.119 e. The van der Waals surface area contributed by atoms with Crippen molar-refractivity contribution < 1.29 is 9.84 Å². The van der Waals surface area contributed by atoms with Crippen LogP contribution in [-0.4, -0.2) is 11.7 Å². The van der Waals surface area contributed by atoms with Gasteiger partial charge in [0.2, 0.25) is 0 Å². The summed E-state index contributed by atoms with van der Waals surface area (Å²) in [6, 6.07) is 11.2. The lowest BCUT2D eigenvalue weighted by Crippen LogP contribution is -1.94. The highest BCUT2D eigenvalue weighted by Crippen LogP contribution is 2.24. The van der Waals surface area contributed by atoms with E-state index < -0.39 is 0 Å². The van der Waals surface area contributed by atoms with Crippen LogP contribution in [0.4, 0.5) is 0 Å². The SMILES string of the molecule is CCCOc1ccc2cc(O)ccc2c1. The van der Waals surface area contributed by atoms with Gasteiger partial charge in [-0.2, -0.15) is 0 Å². The summed E-state index contributed by atoms with van der Waals surface area (Å²) in [5.74, 6) is 1.18. The average Bonchev–Trinajstić information content (AvgIpc) is 2.26. The average molecular weight is 202 g/mol. The van der Waals surface area contributed by atoms with Crippen LogP contribution in [0.15, 0.2) is 36.4 Å². The van der Waals surface area contributed by atoms with Crippen LogP contribution < -0.4 is 4.74 Å². The van der Waals surface area contributed by atoms with E-state index in [0.29, 0.717) is 5.75 Å². The minimum atomic E-state index is 0.296. The molecule has 0 amide bonds. The Bertz CT molecular complexity index is 463. The number of ether oxygens (including phenoxy) is 1. The van der Waals surface area contributed by atoms with Gasteiger partial charge in [-0.1, -0.05) is 19.1 Å². The highest BCUT2D eigenvalue weighted by Gasteiger charge is 1.98. The molecule has 0 bridgehead atoms. The van der Waals surface area contributed by atoms with E-state index in [1.807, 2.05) is 24.3 Å². The second kappa shape index (κ2) is 4.22. The van der Waals surface area contributed by atoms with Gasteiger partial charge in [0.1, 0.15) is 11.5 Å². The van der Waals surface area contributed by atoms with Crippen molar-refractivity contribution in [3.05, 3.63) is 36.4 Å². The number of phenolic OH excluding ortho intramolecular Hbond substituents is 1. The number of phenols is 1. The van der Waals surface area contributed by atoms with Crippen molar-refractivity contribution >= 4 is 10.8 Å². The quantitative estimate of drug-likeness (QED) is 0.827. The minimum absolute atomic E-state index is 0.296. The minimum Gasteiger partial charge on any atom is -0.508 e. The maximum Gasteiger partial charge on any atom is 0.119 e. The van der Waals surface area contributed by atoms with Crippen molar-refractivity contribution in [1.82, 2.24) is 0 Å². The fourth-order valence-electron chi connectivity index (χ4n) is 1.52. The van der Waals surface area contributed by atoms with Crippen LogP contribution >= 0.6 is 0 Å². The number of aromatic hydroxyl groups is 1. The van der Waals surface area contributed by atoms with Crippen molar-refractivity contribution in [2.45, 2.75) is 13.3 Å². The molecule has 2 aromatic rings. The number of benzene rings is 2. The predicted octanol–water partition coefficient (Wildman–Crippen LogP) is 3.33. The van der Waals surface area contributed by atoms with Gasteiger partial charge in [-0.3, -0.25) is 0 Å². The molecule has 0 aliphatic rings. The molecule has 0 aromatic heterocycles. The number of hydrogen-bond donors (Lipinski definition) is 1. The van der Waals surface area contributed by atoms with Crippen LogP contribution in [0.1, 0.15) is 13.3 Å². The van der Waals surface area contributed by atoms with Gasteiger partial charge in [0.25, 0.3) is 0 Å². The van der Waals surface area contributed by atoms with Gasteiger partial charge in [0.05, 0.1) is 6.61 Å². The molecular weight excluding hydrogens is 188 g/mol. The summed E-state index contributed by atoms with van der Waals surface area (Å²) in [6.07, 6.45) is 1.01. The van der Waals surface area contributed by atoms with Gasteiger partial charge in [0, 0.05) is 0 Å². The Kier molecular flexibility index (Phi) is 2.77. The Labute approximate surface area is 89.1 Å². The van der Waals surface area contributed by atoms with Crippen LogP contribution in [0.25, 0.3) is 10.8 Å². The predicted molar refractivity (Wildman–Crippen MR) is 61.4 cm³/mol. The van der Waals surface area contributed by atoms with E-state index >= 15 is 0 Å². The summed E-state index contributed by atoms with van der Waals surface area (Å²) in [5.41, 5.74) is 0. The molecule has 0 saturated carbocycles. The molecule has 0 saturated heterocycles. The van der Waals surface area contributed by atoms with Crippen molar-refractivity contribution in [2.24, 2.45) is 0 Å². The monoisotopic (exact) mass is 202 g/mol. The number of fused-ring (bicyclic) bond motifs is 1. The fraction of sp³-hybridized carbons (Fsp3) is 0.231. The Morgan fingerprint density at radius 3 is 2.60 bits per heavy atom. The zero-order chi connectivity index (χ0) is 10.7.